The number of hydrogen-bond acceptors (Lipinski definition) is 1. The number of hydrogen-bond donors (Lipinski definition) is 1. The van der Waals surface area contributed by atoms with E-state index in [0.717, 1.165) is 10.2 Å². The Morgan fingerprint density at radius 1 is 1.33 bits per heavy atom. The molecule has 1 aromatic carbocycles. The molecular formula is C7H11NSi. The summed E-state index contributed by atoms with van der Waals surface area (Å²) in [6.07, 6.45) is 0. The van der Waals surface area contributed by atoms with Crippen LogP contribution in [-0.4, -0.2) is 17.3 Å². The summed E-state index contributed by atoms with van der Waals surface area (Å²) < 4.78 is 0. The van der Waals surface area contributed by atoms with Gasteiger partial charge >= 0.3 is 0 Å². The highest BCUT2D eigenvalue weighted by atomic mass is 28.1. The lowest BCUT2D eigenvalue weighted by atomic mass is 10.3. The lowest BCUT2D eigenvalue weighted by Crippen LogP contribution is -2.07. The number of benzene rings is 1. The van der Waals surface area contributed by atoms with Crippen molar-refractivity contribution >= 4 is 21.1 Å². The SMILES string of the molecule is CNc1ccccc1[SiH3]. The Morgan fingerprint density at radius 2 is 2.00 bits per heavy atom. The zero-order chi connectivity index (χ0) is 6.69. The predicted molar refractivity (Wildman–Crippen MR) is 45.6 cm³/mol. The van der Waals surface area contributed by atoms with Crippen LogP contribution in [0.3, 0.4) is 0 Å². The molecule has 2 heteroatoms. The summed E-state index contributed by atoms with van der Waals surface area (Å²) in [6, 6.07) is 8.37. The van der Waals surface area contributed by atoms with Crippen LogP contribution in [0.15, 0.2) is 24.3 Å². The van der Waals surface area contributed by atoms with Crippen LogP contribution in [0.2, 0.25) is 0 Å². The minimum absolute atomic E-state index is 1.12. The Hall–Kier alpha value is -0.763. The van der Waals surface area contributed by atoms with Gasteiger partial charge in [-0.2, -0.15) is 0 Å². The second-order valence-corrected chi connectivity index (χ2v) is 3.14. The van der Waals surface area contributed by atoms with E-state index in [9.17, 15) is 0 Å². The molecule has 0 saturated carbocycles. The molecule has 9 heavy (non-hydrogen) atoms. The Morgan fingerprint density at radius 3 is 2.44 bits per heavy atom. The van der Waals surface area contributed by atoms with Gasteiger partial charge in [-0.1, -0.05) is 18.2 Å². The minimum Gasteiger partial charge on any atom is -0.388 e. The van der Waals surface area contributed by atoms with Gasteiger partial charge in [0.05, 0.1) is 0 Å². The molecule has 0 saturated heterocycles. The van der Waals surface area contributed by atoms with E-state index in [1.165, 1.54) is 10.9 Å². The summed E-state index contributed by atoms with van der Waals surface area (Å²) >= 11 is 0. The molecule has 0 aliphatic rings. The van der Waals surface area contributed by atoms with E-state index < -0.39 is 0 Å². The first-order valence-corrected chi connectivity index (χ1v) is 4.08. The van der Waals surface area contributed by atoms with E-state index in [-0.39, 0.29) is 0 Å². The largest absolute Gasteiger partial charge is 0.388 e. The van der Waals surface area contributed by atoms with Crippen molar-refractivity contribution in [3.63, 3.8) is 0 Å². The summed E-state index contributed by atoms with van der Waals surface area (Å²) in [5.41, 5.74) is 1.27. The molecule has 0 spiro atoms. The second-order valence-electron chi connectivity index (χ2n) is 2.06. The standard InChI is InChI=1S/C7H11NSi/c1-8-6-4-2-3-5-7(6)9/h2-5,8H,1,9H3. The van der Waals surface area contributed by atoms with Crippen LogP contribution < -0.4 is 10.5 Å². The van der Waals surface area contributed by atoms with Crippen molar-refractivity contribution in [1.82, 2.24) is 0 Å². The van der Waals surface area contributed by atoms with Gasteiger partial charge in [-0.05, 0) is 11.3 Å². The van der Waals surface area contributed by atoms with Crippen LogP contribution in [0.1, 0.15) is 0 Å². The van der Waals surface area contributed by atoms with E-state index in [0.29, 0.717) is 0 Å². The Labute approximate surface area is 58.5 Å². The molecule has 0 fully saturated rings. The zero-order valence-electron chi connectivity index (χ0n) is 5.81. The molecule has 0 bridgehead atoms. The highest BCUT2D eigenvalue weighted by Gasteiger charge is 1.88. The molecular weight excluding hydrogens is 126 g/mol. The normalized spacial score (nSPS) is 9.44. The molecule has 1 nitrogen and oxygen atoms in total. The first-order chi connectivity index (χ1) is 4.34. The van der Waals surface area contributed by atoms with Crippen molar-refractivity contribution < 1.29 is 0 Å². The lowest BCUT2D eigenvalue weighted by Gasteiger charge is -2.01. The molecule has 1 N–H and O–H groups in total. The summed E-state index contributed by atoms with van der Waals surface area (Å²) in [6.45, 7) is 0. The number of para-hydroxylation sites is 1. The van der Waals surface area contributed by atoms with E-state index in [2.05, 4.69) is 23.5 Å². The zero-order valence-corrected chi connectivity index (χ0v) is 7.81. The van der Waals surface area contributed by atoms with Gasteiger partial charge in [0.1, 0.15) is 0 Å². The fraction of sp³-hybridized carbons (Fsp3) is 0.143. The number of nitrogens with one attached hydrogen (secondary N) is 1. The fourth-order valence-electron chi connectivity index (χ4n) is 0.853. The van der Waals surface area contributed by atoms with Gasteiger partial charge in [0.15, 0.2) is 0 Å². The van der Waals surface area contributed by atoms with Crippen LogP contribution in [0, 0.1) is 0 Å². The summed E-state index contributed by atoms with van der Waals surface area (Å²) in [5, 5.41) is 4.56. The maximum atomic E-state index is 3.13. The first-order valence-electron chi connectivity index (χ1n) is 3.08. The third kappa shape index (κ3) is 1.33. The lowest BCUT2D eigenvalue weighted by molar-refractivity contribution is 1.54. The van der Waals surface area contributed by atoms with Crippen molar-refractivity contribution in [2.24, 2.45) is 0 Å². The molecule has 0 heterocycles. The average Bonchev–Trinajstić information content (AvgIpc) is 1.89. The van der Waals surface area contributed by atoms with Crippen molar-refractivity contribution in [2.75, 3.05) is 12.4 Å². The maximum absolute atomic E-state index is 3.13. The van der Waals surface area contributed by atoms with Crippen LogP contribution >= 0.6 is 0 Å². The molecule has 0 amide bonds. The van der Waals surface area contributed by atoms with Gasteiger partial charge in [0.2, 0.25) is 0 Å². The third-order valence-corrected chi connectivity index (χ3v) is 2.29. The molecule has 1 rings (SSSR count). The number of anilines is 1. The molecule has 0 unspecified atom stereocenters. The fourth-order valence-corrected chi connectivity index (χ4v) is 1.46. The molecule has 0 radical (unpaired) electrons. The molecule has 48 valence electrons. The average molecular weight is 137 g/mol. The van der Waals surface area contributed by atoms with Gasteiger partial charge in [-0.3, -0.25) is 0 Å². The van der Waals surface area contributed by atoms with E-state index >= 15 is 0 Å². The molecule has 1 aromatic rings. The predicted octanol–water partition coefficient (Wildman–Crippen LogP) is -0.281. The minimum atomic E-state index is 1.12. The van der Waals surface area contributed by atoms with E-state index in [1.54, 1.807) is 0 Å². The van der Waals surface area contributed by atoms with Gasteiger partial charge in [-0.25, -0.2) is 0 Å². The van der Waals surface area contributed by atoms with Gasteiger partial charge in [0, 0.05) is 23.0 Å². The molecule has 0 aliphatic heterocycles. The Bertz CT molecular complexity index is 198. The van der Waals surface area contributed by atoms with Gasteiger partial charge in [-0.15, -0.1) is 0 Å². The van der Waals surface area contributed by atoms with Gasteiger partial charge < -0.3 is 5.32 Å². The van der Waals surface area contributed by atoms with Crippen molar-refractivity contribution in [3.8, 4) is 0 Å². The number of rotatable bonds is 1. The van der Waals surface area contributed by atoms with Gasteiger partial charge in [0.25, 0.3) is 0 Å². The van der Waals surface area contributed by atoms with Crippen molar-refractivity contribution in [2.45, 2.75) is 0 Å². The molecule has 0 aliphatic carbocycles. The smallest absolute Gasteiger partial charge is 0.0412 e. The second kappa shape index (κ2) is 2.69. The quantitative estimate of drug-likeness (QED) is 0.525. The van der Waals surface area contributed by atoms with Crippen LogP contribution in [-0.2, 0) is 0 Å². The summed E-state index contributed by atoms with van der Waals surface area (Å²) in [7, 11) is 3.08. The Balaban J connectivity index is 3.01. The summed E-state index contributed by atoms with van der Waals surface area (Å²) in [5.74, 6) is 0. The van der Waals surface area contributed by atoms with Crippen LogP contribution in [0.4, 0.5) is 5.69 Å². The third-order valence-electron chi connectivity index (χ3n) is 1.41. The van der Waals surface area contributed by atoms with E-state index in [4.69, 9.17) is 0 Å². The van der Waals surface area contributed by atoms with Crippen molar-refractivity contribution in [3.05, 3.63) is 24.3 Å². The maximum Gasteiger partial charge on any atom is 0.0412 e. The summed E-state index contributed by atoms with van der Waals surface area (Å²) in [4.78, 5) is 0. The topological polar surface area (TPSA) is 12.0 Å². The van der Waals surface area contributed by atoms with E-state index in [1.807, 2.05) is 13.1 Å². The highest BCUT2D eigenvalue weighted by molar-refractivity contribution is 6.35. The monoisotopic (exact) mass is 137 g/mol. The van der Waals surface area contributed by atoms with Crippen molar-refractivity contribution in [1.29, 1.82) is 0 Å². The first kappa shape index (κ1) is 6.36. The van der Waals surface area contributed by atoms with Crippen LogP contribution in [0.5, 0.6) is 0 Å². The highest BCUT2D eigenvalue weighted by Crippen LogP contribution is 1.97. The molecule has 0 atom stereocenters. The molecule has 0 aromatic heterocycles. The van der Waals surface area contributed by atoms with Crippen LogP contribution in [0.25, 0.3) is 0 Å². The Kier molecular flexibility index (Phi) is 1.90.